The second-order valence-corrected chi connectivity index (χ2v) is 5.85. The van der Waals surface area contributed by atoms with Crippen molar-refractivity contribution in [2.75, 3.05) is 37.7 Å². The van der Waals surface area contributed by atoms with Gasteiger partial charge in [0.15, 0.2) is 0 Å². The fourth-order valence-corrected chi connectivity index (χ4v) is 2.75. The van der Waals surface area contributed by atoms with Crippen LogP contribution < -0.4 is 15.0 Å². The lowest BCUT2D eigenvalue weighted by Crippen LogP contribution is -2.43. The van der Waals surface area contributed by atoms with Gasteiger partial charge >= 0.3 is 0 Å². The Hall–Kier alpha value is -1.22. The number of rotatable bonds is 9. The maximum atomic E-state index is 5.82. The molecule has 1 aliphatic rings. The van der Waals surface area contributed by atoms with E-state index in [1.807, 2.05) is 0 Å². The van der Waals surface area contributed by atoms with Crippen molar-refractivity contribution in [1.29, 1.82) is 0 Å². The molecule has 1 fully saturated rings. The van der Waals surface area contributed by atoms with E-state index in [2.05, 4.69) is 41.4 Å². The highest BCUT2D eigenvalue weighted by atomic mass is 16.5. The van der Waals surface area contributed by atoms with Gasteiger partial charge in [-0.05, 0) is 30.7 Å². The molecular weight excluding hydrogens is 260 g/mol. The minimum atomic E-state index is 0.846. The van der Waals surface area contributed by atoms with Crippen molar-refractivity contribution in [3.05, 3.63) is 24.3 Å². The molecule has 1 N–H and O–H groups in total. The van der Waals surface area contributed by atoms with Crippen LogP contribution in [0.1, 0.15) is 45.4 Å². The normalized spacial score (nSPS) is 15.2. The van der Waals surface area contributed by atoms with Gasteiger partial charge in [0.1, 0.15) is 5.75 Å². The molecule has 0 atom stereocenters. The van der Waals surface area contributed by atoms with E-state index in [4.69, 9.17) is 4.74 Å². The van der Waals surface area contributed by atoms with Gasteiger partial charge < -0.3 is 15.0 Å². The van der Waals surface area contributed by atoms with Crippen LogP contribution in [0.3, 0.4) is 0 Å². The minimum absolute atomic E-state index is 0.846. The summed E-state index contributed by atoms with van der Waals surface area (Å²) < 4.78 is 5.82. The molecule has 0 spiro atoms. The van der Waals surface area contributed by atoms with Gasteiger partial charge in [-0.25, -0.2) is 0 Å². The van der Waals surface area contributed by atoms with Gasteiger partial charge in [-0.1, -0.05) is 39.0 Å². The Labute approximate surface area is 129 Å². The zero-order valence-electron chi connectivity index (χ0n) is 13.4. The molecule has 1 heterocycles. The third-order valence-electron chi connectivity index (χ3n) is 4.09. The summed E-state index contributed by atoms with van der Waals surface area (Å²) in [5, 5.41) is 3.38. The van der Waals surface area contributed by atoms with Crippen molar-refractivity contribution in [3.63, 3.8) is 0 Å². The fourth-order valence-electron chi connectivity index (χ4n) is 2.75. The number of ether oxygens (including phenoxy) is 1. The number of hydrogen-bond donors (Lipinski definition) is 1. The zero-order valence-corrected chi connectivity index (χ0v) is 13.4. The molecule has 118 valence electrons. The highest BCUT2D eigenvalue weighted by Gasteiger charge is 2.09. The monoisotopic (exact) mass is 290 g/mol. The number of nitrogens with zero attached hydrogens (tertiary/aromatic N) is 1. The number of unbranched alkanes of at least 4 members (excludes halogenated alkanes) is 5. The predicted molar refractivity (Wildman–Crippen MR) is 90.4 cm³/mol. The molecule has 3 nitrogen and oxygen atoms in total. The van der Waals surface area contributed by atoms with E-state index < -0.39 is 0 Å². The summed E-state index contributed by atoms with van der Waals surface area (Å²) in [4.78, 5) is 2.42. The van der Waals surface area contributed by atoms with Crippen molar-refractivity contribution in [3.8, 4) is 5.75 Å². The van der Waals surface area contributed by atoms with Gasteiger partial charge in [-0.2, -0.15) is 0 Å². The Bertz CT molecular complexity index is 371. The number of hydrogen-bond acceptors (Lipinski definition) is 3. The minimum Gasteiger partial charge on any atom is -0.494 e. The van der Waals surface area contributed by atoms with Gasteiger partial charge in [0.2, 0.25) is 0 Å². The summed E-state index contributed by atoms with van der Waals surface area (Å²) in [5.41, 5.74) is 1.31. The number of nitrogens with one attached hydrogen (secondary N) is 1. The molecule has 1 aromatic rings. The van der Waals surface area contributed by atoms with Crippen LogP contribution in [0.25, 0.3) is 0 Å². The van der Waals surface area contributed by atoms with E-state index in [9.17, 15) is 0 Å². The molecule has 0 aromatic heterocycles. The first-order chi connectivity index (χ1) is 10.4. The average Bonchev–Trinajstić information content (AvgIpc) is 2.55. The predicted octanol–water partition coefficient (Wildman–Crippen LogP) is 3.84. The van der Waals surface area contributed by atoms with E-state index in [0.29, 0.717) is 0 Å². The lowest BCUT2D eigenvalue weighted by molar-refractivity contribution is 0.304. The van der Waals surface area contributed by atoms with Crippen LogP contribution in [0.2, 0.25) is 0 Å². The first-order valence-electron chi connectivity index (χ1n) is 8.58. The van der Waals surface area contributed by atoms with Crippen molar-refractivity contribution in [1.82, 2.24) is 5.32 Å². The largest absolute Gasteiger partial charge is 0.494 e. The second-order valence-electron chi connectivity index (χ2n) is 5.85. The molecule has 2 rings (SSSR count). The van der Waals surface area contributed by atoms with Gasteiger partial charge in [0.25, 0.3) is 0 Å². The molecule has 21 heavy (non-hydrogen) atoms. The second kappa shape index (κ2) is 9.67. The third kappa shape index (κ3) is 5.96. The standard InChI is InChI=1S/C18H30N2O/c1-2-3-4-5-6-7-16-21-18-10-8-17(9-11-18)20-14-12-19-13-15-20/h8-11,19H,2-7,12-16H2,1H3. The lowest BCUT2D eigenvalue weighted by Gasteiger charge is -2.29. The van der Waals surface area contributed by atoms with Gasteiger partial charge in [-0.15, -0.1) is 0 Å². The van der Waals surface area contributed by atoms with Crippen molar-refractivity contribution < 1.29 is 4.74 Å². The van der Waals surface area contributed by atoms with E-state index in [-0.39, 0.29) is 0 Å². The average molecular weight is 290 g/mol. The molecule has 1 saturated heterocycles. The van der Waals surface area contributed by atoms with Crippen LogP contribution in [-0.2, 0) is 0 Å². The first-order valence-corrected chi connectivity index (χ1v) is 8.58. The molecule has 0 saturated carbocycles. The number of piperazine rings is 1. The van der Waals surface area contributed by atoms with E-state index in [0.717, 1.165) is 38.5 Å². The molecule has 0 amide bonds. The Morgan fingerprint density at radius 3 is 2.33 bits per heavy atom. The van der Waals surface area contributed by atoms with Crippen LogP contribution in [0.4, 0.5) is 5.69 Å². The van der Waals surface area contributed by atoms with Crippen LogP contribution in [-0.4, -0.2) is 32.8 Å². The highest BCUT2D eigenvalue weighted by molar-refractivity contribution is 5.49. The van der Waals surface area contributed by atoms with Gasteiger partial charge in [0.05, 0.1) is 6.61 Å². The summed E-state index contributed by atoms with van der Waals surface area (Å²) in [6, 6.07) is 8.58. The maximum Gasteiger partial charge on any atom is 0.119 e. The molecule has 3 heteroatoms. The van der Waals surface area contributed by atoms with Crippen LogP contribution in [0.15, 0.2) is 24.3 Å². The Kier molecular flexibility index (Phi) is 7.44. The molecule has 1 aromatic carbocycles. The van der Waals surface area contributed by atoms with Crippen LogP contribution >= 0.6 is 0 Å². The summed E-state index contributed by atoms with van der Waals surface area (Å²) in [6.45, 7) is 7.45. The van der Waals surface area contributed by atoms with Crippen molar-refractivity contribution in [2.24, 2.45) is 0 Å². The van der Waals surface area contributed by atoms with Crippen molar-refractivity contribution >= 4 is 5.69 Å². The summed E-state index contributed by atoms with van der Waals surface area (Å²) in [6.07, 6.45) is 7.86. The topological polar surface area (TPSA) is 24.5 Å². The molecule has 1 aliphatic heterocycles. The van der Waals surface area contributed by atoms with E-state index in [1.54, 1.807) is 0 Å². The fraction of sp³-hybridized carbons (Fsp3) is 0.667. The Morgan fingerprint density at radius 2 is 1.62 bits per heavy atom. The maximum absolute atomic E-state index is 5.82. The quantitative estimate of drug-likeness (QED) is 0.699. The smallest absolute Gasteiger partial charge is 0.119 e. The molecule has 0 unspecified atom stereocenters. The van der Waals surface area contributed by atoms with Crippen LogP contribution in [0, 0.1) is 0 Å². The SMILES string of the molecule is CCCCCCCCOc1ccc(N2CCNCC2)cc1. The molecule has 0 bridgehead atoms. The number of benzene rings is 1. The molecule has 0 radical (unpaired) electrons. The Balaban J connectivity index is 1.63. The molecule has 0 aliphatic carbocycles. The summed E-state index contributed by atoms with van der Waals surface area (Å²) in [7, 11) is 0. The van der Waals surface area contributed by atoms with Gasteiger partial charge in [-0.3, -0.25) is 0 Å². The van der Waals surface area contributed by atoms with Gasteiger partial charge in [0, 0.05) is 31.9 Å². The van der Waals surface area contributed by atoms with E-state index >= 15 is 0 Å². The summed E-state index contributed by atoms with van der Waals surface area (Å²) >= 11 is 0. The first kappa shape index (κ1) is 16.2. The van der Waals surface area contributed by atoms with Crippen molar-refractivity contribution in [2.45, 2.75) is 45.4 Å². The lowest BCUT2D eigenvalue weighted by atomic mass is 10.1. The van der Waals surface area contributed by atoms with Crippen LogP contribution in [0.5, 0.6) is 5.75 Å². The Morgan fingerprint density at radius 1 is 0.952 bits per heavy atom. The zero-order chi connectivity index (χ0) is 14.8. The van der Waals surface area contributed by atoms with E-state index in [1.165, 1.54) is 44.2 Å². The highest BCUT2D eigenvalue weighted by Crippen LogP contribution is 2.20. The number of anilines is 1. The third-order valence-corrected chi connectivity index (χ3v) is 4.09. The summed E-state index contributed by atoms with van der Waals surface area (Å²) in [5.74, 6) is 1.00. The molecular formula is C18H30N2O.